The van der Waals surface area contributed by atoms with Gasteiger partial charge in [0.15, 0.2) is 0 Å². The molecule has 0 spiro atoms. The summed E-state index contributed by atoms with van der Waals surface area (Å²) in [6.45, 7) is 4.62. The van der Waals surface area contributed by atoms with E-state index >= 15 is 0 Å². The molecule has 102 valence electrons. The fourth-order valence-corrected chi connectivity index (χ4v) is 2.26. The number of amides is 2. The molecule has 0 bridgehead atoms. The number of carbonyl (C=O) groups excluding carboxylic acids is 2. The molecule has 1 N–H and O–H groups in total. The first-order chi connectivity index (χ1) is 9.11. The van der Waals surface area contributed by atoms with Crippen LogP contribution in [0.4, 0.5) is 5.69 Å². The van der Waals surface area contributed by atoms with Gasteiger partial charge in [-0.15, -0.1) is 0 Å². The summed E-state index contributed by atoms with van der Waals surface area (Å²) in [5.41, 5.74) is 2.13. The summed E-state index contributed by atoms with van der Waals surface area (Å²) in [5.74, 6) is -0.311. The summed E-state index contributed by atoms with van der Waals surface area (Å²) in [7, 11) is 0. The predicted molar refractivity (Wildman–Crippen MR) is 75.0 cm³/mol. The molecule has 0 aliphatic carbocycles. The van der Waals surface area contributed by atoms with E-state index in [9.17, 15) is 9.59 Å². The molecule has 1 aliphatic rings. The zero-order valence-electron chi connectivity index (χ0n) is 11.5. The van der Waals surface area contributed by atoms with Crippen LogP contribution in [0.3, 0.4) is 0 Å². The van der Waals surface area contributed by atoms with Gasteiger partial charge in [0.25, 0.3) is 0 Å². The number of benzene rings is 1. The maximum atomic E-state index is 12.2. The Labute approximate surface area is 113 Å². The summed E-state index contributed by atoms with van der Waals surface area (Å²) < 4.78 is 0. The van der Waals surface area contributed by atoms with Crippen LogP contribution in [-0.2, 0) is 16.0 Å². The molecule has 2 amide bonds. The Balaban J connectivity index is 1.97. The Morgan fingerprint density at radius 3 is 2.84 bits per heavy atom. The summed E-state index contributed by atoms with van der Waals surface area (Å²) in [5, 5.41) is 2.82. The average molecular weight is 260 g/mol. The first-order valence-electron chi connectivity index (χ1n) is 6.79. The standard InChI is InChI=1S/C15H20N2O2/c1-3-11(2)16-14(18)10-15(19)17-9-8-12-6-4-5-7-13(12)17/h4-7,11H,3,8-10H2,1-2H3,(H,16,18). The molecule has 1 unspecified atom stereocenters. The van der Waals surface area contributed by atoms with Crippen LogP contribution in [0.15, 0.2) is 24.3 Å². The van der Waals surface area contributed by atoms with Gasteiger partial charge in [-0.05, 0) is 31.4 Å². The summed E-state index contributed by atoms with van der Waals surface area (Å²) in [4.78, 5) is 25.6. The van der Waals surface area contributed by atoms with Crippen molar-refractivity contribution in [2.75, 3.05) is 11.4 Å². The molecule has 0 saturated carbocycles. The van der Waals surface area contributed by atoms with Gasteiger partial charge < -0.3 is 10.2 Å². The van der Waals surface area contributed by atoms with Crippen molar-refractivity contribution in [1.82, 2.24) is 5.32 Å². The minimum absolute atomic E-state index is 0.0708. The molecule has 1 aromatic carbocycles. The lowest BCUT2D eigenvalue weighted by molar-refractivity contribution is -0.128. The third kappa shape index (κ3) is 3.13. The maximum Gasteiger partial charge on any atom is 0.236 e. The van der Waals surface area contributed by atoms with Crippen molar-refractivity contribution in [2.24, 2.45) is 0 Å². The topological polar surface area (TPSA) is 49.4 Å². The number of rotatable bonds is 4. The van der Waals surface area contributed by atoms with E-state index in [-0.39, 0.29) is 24.3 Å². The highest BCUT2D eigenvalue weighted by Crippen LogP contribution is 2.27. The molecule has 1 aromatic rings. The van der Waals surface area contributed by atoms with Gasteiger partial charge >= 0.3 is 0 Å². The van der Waals surface area contributed by atoms with E-state index in [0.29, 0.717) is 6.54 Å². The number of fused-ring (bicyclic) bond motifs is 1. The lowest BCUT2D eigenvalue weighted by Crippen LogP contribution is -2.37. The largest absolute Gasteiger partial charge is 0.353 e. The summed E-state index contributed by atoms with van der Waals surface area (Å²) in [6, 6.07) is 7.98. The number of carbonyl (C=O) groups is 2. The molecule has 19 heavy (non-hydrogen) atoms. The molecule has 4 heteroatoms. The van der Waals surface area contributed by atoms with Crippen LogP contribution in [0, 0.1) is 0 Å². The third-order valence-corrected chi connectivity index (χ3v) is 3.52. The van der Waals surface area contributed by atoms with E-state index in [1.807, 2.05) is 38.1 Å². The van der Waals surface area contributed by atoms with Crippen LogP contribution in [0.2, 0.25) is 0 Å². The first kappa shape index (κ1) is 13.6. The molecule has 0 aromatic heterocycles. The van der Waals surface area contributed by atoms with E-state index in [0.717, 1.165) is 18.5 Å². The fraction of sp³-hybridized carbons (Fsp3) is 0.467. The number of hydrogen-bond acceptors (Lipinski definition) is 2. The van der Waals surface area contributed by atoms with Crippen LogP contribution >= 0.6 is 0 Å². The van der Waals surface area contributed by atoms with Crippen molar-refractivity contribution in [2.45, 2.75) is 39.2 Å². The number of nitrogens with one attached hydrogen (secondary N) is 1. The minimum Gasteiger partial charge on any atom is -0.353 e. The molecule has 1 heterocycles. The van der Waals surface area contributed by atoms with Gasteiger partial charge in [0.2, 0.25) is 11.8 Å². The van der Waals surface area contributed by atoms with Gasteiger partial charge in [-0.1, -0.05) is 25.1 Å². The van der Waals surface area contributed by atoms with Gasteiger partial charge in [0.05, 0.1) is 0 Å². The normalized spacial score (nSPS) is 14.9. The molecule has 0 radical (unpaired) electrons. The Kier molecular flexibility index (Phi) is 4.20. The lowest BCUT2D eigenvalue weighted by Gasteiger charge is -2.18. The molecule has 0 saturated heterocycles. The molecular formula is C15H20N2O2. The molecular weight excluding hydrogens is 240 g/mol. The highest BCUT2D eigenvalue weighted by Gasteiger charge is 2.25. The Bertz CT molecular complexity index is 485. The van der Waals surface area contributed by atoms with Gasteiger partial charge in [-0.3, -0.25) is 9.59 Å². The van der Waals surface area contributed by atoms with E-state index in [1.165, 1.54) is 5.56 Å². The Morgan fingerprint density at radius 2 is 2.11 bits per heavy atom. The van der Waals surface area contributed by atoms with E-state index in [2.05, 4.69) is 5.32 Å². The van der Waals surface area contributed by atoms with Gasteiger partial charge in [-0.2, -0.15) is 0 Å². The maximum absolute atomic E-state index is 12.2. The van der Waals surface area contributed by atoms with Crippen molar-refractivity contribution in [3.05, 3.63) is 29.8 Å². The summed E-state index contributed by atoms with van der Waals surface area (Å²) >= 11 is 0. The highest BCUT2D eigenvalue weighted by molar-refractivity contribution is 6.06. The SMILES string of the molecule is CCC(C)NC(=O)CC(=O)N1CCc2ccccc21. The van der Waals surface area contributed by atoms with Crippen LogP contribution in [-0.4, -0.2) is 24.4 Å². The van der Waals surface area contributed by atoms with Crippen LogP contribution in [0.25, 0.3) is 0 Å². The average Bonchev–Trinajstić information content (AvgIpc) is 2.82. The molecule has 4 nitrogen and oxygen atoms in total. The third-order valence-electron chi connectivity index (χ3n) is 3.52. The van der Waals surface area contributed by atoms with Crippen molar-refractivity contribution in [3.63, 3.8) is 0 Å². The van der Waals surface area contributed by atoms with Crippen molar-refractivity contribution in [1.29, 1.82) is 0 Å². The fourth-order valence-electron chi connectivity index (χ4n) is 2.26. The van der Waals surface area contributed by atoms with Gasteiger partial charge in [0, 0.05) is 18.3 Å². The van der Waals surface area contributed by atoms with E-state index in [1.54, 1.807) is 4.90 Å². The molecule has 1 aliphatic heterocycles. The second-order valence-electron chi connectivity index (χ2n) is 4.98. The first-order valence-corrected chi connectivity index (χ1v) is 6.79. The monoisotopic (exact) mass is 260 g/mol. The van der Waals surface area contributed by atoms with Crippen LogP contribution in [0.1, 0.15) is 32.3 Å². The van der Waals surface area contributed by atoms with Crippen molar-refractivity contribution < 1.29 is 9.59 Å². The second-order valence-corrected chi connectivity index (χ2v) is 4.98. The molecule has 0 fully saturated rings. The number of hydrogen-bond donors (Lipinski definition) is 1. The molecule has 1 atom stereocenters. The predicted octanol–water partition coefficient (Wildman–Crippen LogP) is 1.88. The highest BCUT2D eigenvalue weighted by atomic mass is 16.2. The number of anilines is 1. The number of nitrogens with zero attached hydrogens (tertiary/aromatic N) is 1. The zero-order chi connectivity index (χ0) is 13.8. The van der Waals surface area contributed by atoms with E-state index < -0.39 is 0 Å². The van der Waals surface area contributed by atoms with Crippen molar-refractivity contribution in [3.8, 4) is 0 Å². The smallest absolute Gasteiger partial charge is 0.236 e. The lowest BCUT2D eigenvalue weighted by atomic mass is 10.2. The van der Waals surface area contributed by atoms with Gasteiger partial charge in [-0.25, -0.2) is 0 Å². The minimum atomic E-state index is -0.191. The number of para-hydroxylation sites is 1. The molecule has 2 rings (SSSR count). The van der Waals surface area contributed by atoms with Gasteiger partial charge in [0.1, 0.15) is 6.42 Å². The second kappa shape index (κ2) is 5.87. The zero-order valence-corrected chi connectivity index (χ0v) is 11.5. The Morgan fingerprint density at radius 1 is 1.37 bits per heavy atom. The van der Waals surface area contributed by atoms with E-state index in [4.69, 9.17) is 0 Å². The summed E-state index contributed by atoms with van der Waals surface area (Å²) in [6.07, 6.45) is 1.67. The van der Waals surface area contributed by atoms with Crippen molar-refractivity contribution >= 4 is 17.5 Å². The quantitative estimate of drug-likeness (QED) is 0.840. The van der Waals surface area contributed by atoms with Crippen LogP contribution < -0.4 is 10.2 Å². The van der Waals surface area contributed by atoms with Crippen LogP contribution in [0.5, 0.6) is 0 Å². The Hall–Kier alpha value is -1.84.